The van der Waals surface area contributed by atoms with E-state index in [1.165, 1.54) is 4.90 Å². The lowest BCUT2D eigenvalue weighted by molar-refractivity contribution is -0.892. The van der Waals surface area contributed by atoms with Crippen LogP contribution in [0.3, 0.4) is 0 Å². The predicted octanol–water partition coefficient (Wildman–Crippen LogP) is -0.418. The van der Waals surface area contributed by atoms with Crippen molar-refractivity contribution in [2.24, 2.45) is 0 Å². The maximum Gasteiger partial charge on any atom is 0.275 e. The highest BCUT2D eigenvalue weighted by molar-refractivity contribution is 5.76. The first kappa shape index (κ1) is 19.9. The zero-order chi connectivity index (χ0) is 19.8. The van der Waals surface area contributed by atoms with Gasteiger partial charge >= 0.3 is 0 Å². The summed E-state index contributed by atoms with van der Waals surface area (Å²) < 4.78 is 10.6. The van der Waals surface area contributed by atoms with Crippen molar-refractivity contribution in [1.29, 1.82) is 0 Å². The number of H-pyrrole nitrogens is 1. The molecule has 0 spiro atoms. The molecule has 1 aliphatic heterocycles. The standard InChI is InChI=1S/C21H28N4O3/c1-27-18-7-6-17(15-19(18)28-2)8-10-23-21(26)16-24-11-13-25(14-12-24)20-5-3-4-9-22-20/h3-7,9,15H,8,10-14,16H2,1-2H3,(H,23,26)/p+2. The van der Waals surface area contributed by atoms with Gasteiger partial charge in [0.05, 0.1) is 20.4 Å². The number of hydrogen-bond donors (Lipinski definition) is 2. The van der Waals surface area contributed by atoms with Crippen molar-refractivity contribution in [3.05, 3.63) is 48.2 Å². The van der Waals surface area contributed by atoms with Gasteiger partial charge in [-0.1, -0.05) is 12.1 Å². The van der Waals surface area contributed by atoms with Crippen LogP contribution in [-0.4, -0.2) is 59.4 Å². The molecule has 1 aliphatic rings. The number of quaternary nitrogens is 1. The van der Waals surface area contributed by atoms with Crippen molar-refractivity contribution in [3.8, 4) is 11.5 Å². The summed E-state index contributed by atoms with van der Waals surface area (Å²) in [5, 5.41) is 3.04. The molecule has 0 atom stereocenters. The summed E-state index contributed by atoms with van der Waals surface area (Å²) in [7, 11) is 3.25. The monoisotopic (exact) mass is 386 g/mol. The zero-order valence-electron chi connectivity index (χ0n) is 16.7. The smallest absolute Gasteiger partial charge is 0.275 e. The average molecular weight is 386 g/mol. The van der Waals surface area contributed by atoms with Gasteiger partial charge in [-0.05, 0) is 30.2 Å². The lowest BCUT2D eigenvalue weighted by atomic mass is 10.1. The maximum absolute atomic E-state index is 12.3. The molecule has 0 radical (unpaired) electrons. The first-order valence-electron chi connectivity index (χ1n) is 9.72. The number of piperazine rings is 1. The van der Waals surface area contributed by atoms with Crippen molar-refractivity contribution in [2.45, 2.75) is 6.42 Å². The minimum absolute atomic E-state index is 0.107. The predicted molar refractivity (Wildman–Crippen MR) is 107 cm³/mol. The number of methoxy groups -OCH3 is 2. The maximum atomic E-state index is 12.3. The molecule has 7 heteroatoms. The summed E-state index contributed by atoms with van der Waals surface area (Å²) in [6, 6.07) is 12.0. The Balaban J connectivity index is 1.38. The second kappa shape index (κ2) is 9.94. The molecular weight excluding hydrogens is 356 g/mol. The molecule has 7 nitrogen and oxygen atoms in total. The number of aromatic amines is 1. The number of carbonyl (C=O) groups is 1. The third-order valence-corrected chi connectivity index (χ3v) is 5.10. The first-order chi connectivity index (χ1) is 13.7. The Labute approximate surface area is 166 Å². The van der Waals surface area contributed by atoms with Crippen molar-refractivity contribution in [2.75, 3.05) is 58.4 Å². The van der Waals surface area contributed by atoms with Gasteiger partial charge in [0.25, 0.3) is 11.7 Å². The number of aromatic nitrogens is 1. The van der Waals surface area contributed by atoms with Crippen LogP contribution in [0, 0.1) is 0 Å². The van der Waals surface area contributed by atoms with Crippen molar-refractivity contribution in [3.63, 3.8) is 0 Å². The van der Waals surface area contributed by atoms with E-state index in [0.29, 0.717) is 24.6 Å². The van der Waals surface area contributed by atoms with E-state index in [4.69, 9.17) is 9.47 Å². The molecule has 0 aliphatic carbocycles. The normalized spacial score (nSPS) is 14.6. The Hall–Kier alpha value is -2.80. The van der Waals surface area contributed by atoms with Gasteiger partial charge in [-0.3, -0.25) is 9.69 Å². The van der Waals surface area contributed by atoms with Crippen LogP contribution in [0.1, 0.15) is 5.56 Å². The highest BCUT2D eigenvalue weighted by Gasteiger charge is 2.26. The van der Waals surface area contributed by atoms with Gasteiger partial charge in [0.1, 0.15) is 26.2 Å². The van der Waals surface area contributed by atoms with Crippen molar-refractivity contribution >= 4 is 11.7 Å². The van der Waals surface area contributed by atoms with Gasteiger partial charge in [-0.2, -0.15) is 0 Å². The van der Waals surface area contributed by atoms with Crippen molar-refractivity contribution in [1.82, 2.24) is 5.32 Å². The molecule has 2 heterocycles. The summed E-state index contributed by atoms with van der Waals surface area (Å²) in [4.78, 5) is 19.2. The Morgan fingerprint density at radius 1 is 1.14 bits per heavy atom. The van der Waals surface area contributed by atoms with E-state index in [9.17, 15) is 4.79 Å². The van der Waals surface area contributed by atoms with E-state index in [-0.39, 0.29) is 5.91 Å². The first-order valence-corrected chi connectivity index (χ1v) is 9.72. The van der Waals surface area contributed by atoms with Gasteiger partial charge in [-0.15, -0.1) is 0 Å². The number of nitrogens with zero attached hydrogens (tertiary/aromatic N) is 1. The Morgan fingerprint density at radius 2 is 1.93 bits per heavy atom. The molecule has 3 rings (SSSR count). The summed E-state index contributed by atoms with van der Waals surface area (Å²) in [5.41, 5.74) is 1.11. The minimum Gasteiger partial charge on any atom is -0.493 e. The van der Waals surface area contributed by atoms with Crippen LogP contribution in [-0.2, 0) is 11.2 Å². The Bertz CT molecular complexity index is 762. The number of benzene rings is 1. The van der Waals surface area contributed by atoms with Crippen LogP contribution in [0.5, 0.6) is 11.5 Å². The SMILES string of the molecule is COc1ccc(CCNC(=O)C[NH+]2CCN(c3cccc[nH+]3)CC2)cc1OC. The fraction of sp³-hybridized carbons (Fsp3) is 0.429. The second-order valence-electron chi connectivity index (χ2n) is 6.95. The van der Waals surface area contributed by atoms with E-state index < -0.39 is 0 Å². The molecule has 0 saturated carbocycles. The third kappa shape index (κ3) is 5.36. The number of pyridine rings is 1. The topological polar surface area (TPSA) is 69.4 Å². The molecule has 0 bridgehead atoms. The molecule has 1 aromatic heterocycles. The van der Waals surface area contributed by atoms with E-state index in [2.05, 4.69) is 21.3 Å². The highest BCUT2D eigenvalue weighted by atomic mass is 16.5. The number of carbonyl (C=O) groups excluding carboxylic acids is 1. The summed E-state index contributed by atoms with van der Waals surface area (Å²) >= 11 is 0. The number of nitrogens with one attached hydrogen (secondary N) is 3. The lowest BCUT2D eigenvalue weighted by Gasteiger charge is -2.27. The van der Waals surface area contributed by atoms with E-state index >= 15 is 0 Å². The van der Waals surface area contributed by atoms with E-state index in [1.807, 2.05) is 36.5 Å². The zero-order valence-corrected chi connectivity index (χ0v) is 16.7. The molecule has 28 heavy (non-hydrogen) atoms. The largest absolute Gasteiger partial charge is 0.493 e. The lowest BCUT2D eigenvalue weighted by Crippen LogP contribution is -3.16. The highest BCUT2D eigenvalue weighted by Crippen LogP contribution is 2.27. The molecular formula is C21H30N4O3+2. The van der Waals surface area contributed by atoms with Crippen LogP contribution in [0.25, 0.3) is 0 Å². The van der Waals surface area contributed by atoms with Gasteiger partial charge in [0, 0.05) is 12.6 Å². The number of anilines is 1. The van der Waals surface area contributed by atoms with Crippen molar-refractivity contribution < 1.29 is 24.2 Å². The van der Waals surface area contributed by atoms with Gasteiger partial charge in [-0.25, -0.2) is 4.98 Å². The third-order valence-electron chi connectivity index (χ3n) is 5.10. The number of rotatable bonds is 8. The Morgan fingerprint density at radius 3 is 2.61 bits per heavy atom. The number of ether oxygens (including phenoxy) is 2. The summed E-state index contributed by atoms with van der Waals surface area (Å²) in [5.74, 6) is 2.67. The van der Waals surface area contributed by atoms with Crippen LogP contribution in [0.4, 0.5) is 5.82 Å². The number of amides is 1. The summed E-state index contributed by atoms with van der Waals surface area (Å²) in [6.45, 7) is 4.98. The van der Waals surface area contributed by atoms with E-state index in [0.717, 1.165) is 44.0 Å². The second-order valence-corrected chi connectivity index (χ2v) is 6.95. The molecule has 2 aromatic rings. The quantitative estimate of drug-likeness (QED) is 0.647. The summed E-state index contributed by atoms with van der Waals surface area (Å²) in [6.07, 6.45) is 2.71. The van der Waals surface area contributed by atoms with Gasteiger partial charge in [0.15, 0.2) is 18.0 Å². The molecule has 1 saturated heterocycles. The van der Waals surface area contributed by atoms with Crippen LogP contribution >= 0.6 is 0 Å². The van der Waals surface area contributed by atoms with Gasteiger partial charge < -0.3 is 19.7 Å². The van der Waals surface area contributed by atoms with Gasteiger partial charge in [0.2, 0.25) is 0 Å². The van der Waals surface area contributed by atoms with Crippen LogP contribution in [0.15, 0.2) is 42.6 Å². The molecule has 150 valence electrons. The molecule has 0 unspecified atom stereocenters. The van der Waals surface area contributed by atoms with Crippen LogP contribution < -0.4 is 29.6 Å². The molecule has 1 fully saturated rings. The fourth-order valence-electron chi connectivity index (χ4n) is 3.49. The van der Waals surface area contributed by atoms with Crippen LogP contribution in [0.2, 0.25) is 0 Å². The fourth-order valence-corrected chi connectivity index (χ4v) is 3.49. The minimum atomic E-state index is 0.107. The Kier molecular flexibility index (Phi) is 7.08. The molecule has 1 amide bonds. The average Bonchev–Trinajstić information content (AvgIpc) is 2.74. The molecule has 1 aromatic carbocycles. The van der Waals surface area contributed by atoms with E-state index in [1.54, 1.807) is 14.2 Å². The molecule has 3 N–H and O–H groups in total. The number of hydrogen-bond acceptors (Lipinski definition) is 4.